The van der Waals surface area contributed by atoms with Crippen molar-refractivity contribution < 1.29 is 9.32 Å². The van der Waals surface area contributed by atoms with Gasteiger partial charge in [-0.25, -0.2) is 4.98 Å². The molecule has 0 bridgehead atoms. The zero-order valence-corrected chi connectivity index (χ0v) is 13.7. The number of nitrogens with one attached hydrogen (secondary N) is 1. The Bertz CT molecular complexity index is 633. The van der Waals surface area contributed by atoms with Gasteiger partial charge >= 0.3 is 0 Å². The summed E-state index contributed by atoms with van der Waals surface area (Å²) in [5, 5.41) is 7.75. The lowest BCUT2D eigenvalue weighted by Crippen LogP contribution is -2.28. The molecule has 0 aliphatic carbocycles. The molecule has 0 spiro atoms. The molecule has 1 amide bonds. The van der Waals surface area contributed by atoms with E-state index in [-0.39, 0.29) is 17.9 Å². The van der Waals surface area contributed by atoms with Crippen LogP contribution in [0.2, 0.25) is 0 Å². The van der Waals surface area contributed by atoms with E-state index in [0.717, 1.165) is 15.6 Å². The molecule has 6 nitrogen and oxygen atoms in total. The van der Waals surface area contributed by atoms with Gasteiger partial charge in [-0.3, -0.25) is 4.79 Å². The van der Waals surface area contributed by atoms with Crippen molar-refractivity contribution >= 4 is 17.2 Å². The number of aromatic nitrogens is 3. The van der Waals surface area contributed by atoms with Gasteiger partial charge in [-0.05, 0) is 20.8 Å². The molecule has 0 saturated heterocycles. The number of carbonyl (C=O) groups is 1. The average Bonchev–Trinajstić information content (AvgIpc) is 2.97. The van der Waals surface area contributed by atoms with Gasteiger partial charge in [0.15, 0.2) is 5.82 Å². The number of rotatable bonds is 5. The topological polar surface area (TPSA) is 80.9 Å². The smallest absolute Gasteiger partial charge is 0.248 e. The quantitative estimate of drug-likeness (QED) is 0.918. The maximum atomic E-state index is 12.1. The summed E-state index contributed by atoms with van der Waals surface area (Å²) in [5.41, 5.74) is 0.917. The lowest BCUT2D eigenvalue weighted by molar-refractivity contribution is -0.121. The highest BCUT2D eigenvalue weighted by molar-refractivity contribution is 7.11. The standard InChI is InChI=1S/C14H20N4O2S/c1-7(2)13-17-14(20-18-13)9(4)16-12(19)6-11-8(3)15-10(5)21-11/h7,9H,6H2,1-5H3,(H,16,19)/t9-/m1/s1. The third kappa shape index (κ3) is 3.87. The summed E-state index contributed by atoms with van der Waals surface area (Å²) in [6.07, 6.45) is 0.326. The van der Waals surface area contributed by atoms with E-state index in [1.807, 2.05) is 34.6 Å². The number of aryl methyl sites for hydroxylation is 2. The highest BCUT2D eigenvalue weighted by Gasteiger charge is 2.19. The lowest BCUT2D eigenvalue weighted by Gasteiger charge is -2.09. The Kier molecular flexibility index (Phi) is 4.72. The molecule has 2 rings (SSSR count). The second-order valence-corrected chi connectivity index (χ2v) is 6.64. The first kappa shape index (κ1) is 15.6. The second-order valence-electron chi connectivity index (χ2n) is 5.35. The van der Waals surface area contributed by atoms with E-state index in [9.17, 15) is 4.79 Å². The van der Waals surface area contributed by atoms with Crippen LogP contribution < -0.4 is 5.32 Å². The van der Waals surface area contributed by atoms with Crippen molar-refractivity contribution in [2.75, 3.05) is 0 Å². The van der Waals surface area contributed by atoms with Gasteiger partial charge in [0.25, 0.3) is 0 Å². The van der Waals surface area contributed by atoms with Crippen LogP contribution in [0.15, 0.2) is 4.52 Å². The van der Waals surface area contributed by atoms with E-state index in [0.29, 0.717) is 18.1 Å². The van der Waals surface area contributed by atoms with Gasteiger partial charge < -0.3 is 9.84 Å². The zero-order valence-electron chi connectivity index (χ0n) is 12.9. The third-order valence-electron chi connectivity index (χ3n) is 3.04. The minimum Gasteiger partial charge on any atom is -0.344 e. The predicted octanol–water partition coefficient (Wildman–Crippen LogP) is 2.69. The molecule has 0 aromatic carbocycles. The first-order valence-electron chi connectivity index (χ1n) is 6.92. The number of hydrogen-bond acceptors (Lipinski definition) is 6. The van der Waals surface area contributed by atoms with Crippen LogP contribution in [0.3, 0.4) is 0 Å². The number of nitrogens with zero attached hydrogens (tertiary/aromatic N) is 3. The Hall–Kier alpha value is -1.76. The molecular formula is C14H20N4O2S. The average molecular weight is 308 g/mol. The molecule has 114 valence electrons. The van der Waals surface area contributed by atoms with E-state index in [1.54, 1.807) is 11.3 Å². The Balaban J connectivity index is 1.96. The highest BCUT2D eigenvalue weighted by Crippen LogP contribution is 2.19. The molecule has 2 heterocycles. The van der Waals surface area contributed by atoms with Crippen molar-refractivity contribution in [2.24, 2.45) is 0 Å². The normalized spacial score (nSPS) is 12.7. The van der Waals surface area contributed by atoms with E-state index in [1.165, 1.54) is 0 Å². The van der Waals surface area contributed by atoms with Crippen LogP contribution in [0.25, 0.3) is 0 Å². The second kappa shape index (κ2) is 6.34. The molecule has 7 heteroatoms. The molecule has 2 aromatic heterocycles. The summed E-state index contributed by atoms with van der Waals surface area (Å²) in [7, 11) is 0. The summed E-state index contributed by atoms with van der Waals surface area (Å²) < 4.78 is 5.18. The SMILES string of the molecule is Cc1nc(C)c(CC(=O)N[C@H](C)c2nc(C(C)C)no2)s1. The van der Waals surface area contributed by atoms with Gasteiger partial charge in [0.05, 0.1) is 17.1 Å². The molecule has 0 aliphatic heterocycles. The van der Waals surface area contributed by atoms with Gasteiger partial charge in [0.2, 0.25) is 11.8 Å². The van der Waals surface area contributed by atoms with Crippen LogP contribution in [0.4, 0.5) is 0 Å². The van der Waals surface area contributed by atoms with Crippen molar-refractivity contribution in [1.29, 1.82) is 0 Å². The fraction of sp³-hybridized carbons (Fsp3) is 0.571. The molecule has 2 aromatic rings. The number of amides is 1. The zero-order chi connectivity index (χ0) is 15.6. The van der Waals surface area contributed by atoms with Gasteiger partial charge in [0, 0.05) is 10.8 Å². The largest absolute Gasteiger partial charge is 0.344 e. The molecule has 0 aliphatic rings. The van der Waals surface area contributed by atoms with Crippen molar-refractivity contribution in [3.63, 3.8) is 0 Å². The van der Waals surface area contributed by atoms with Crippen LogP contribution in [0.5, 0.6) is 0 Å². The van der Waals surface area contributed by atoms with Crippen molar-refractivity contribution in [3.8, 4) is 0 Å². The fourth-order valence-corrected chi connectivity index (χ4v) is 2.83. The molecule has 0 saturated carbocycles. The van der Waals surface area contributed by atoms with Crippen LogP contribution in [0, 0.1) is 13.8 Å². The van der Waals surface area contributed by atoms with E-state index >= 15 is 0 Å². The van der Waals surface area contributed by atoms with Crippen LogP contribution in [0.1, 0.15) is 60.0 Å². The molecule has 1 atom stereocenters. The molecule has 1 N–H and O–H groups in total. The van der Waals surface area contributed by atoms with E-state index in [2.05, 4.69) is 20.4 Å². The van der Waals surface area contributed by atoms with Gasteiger partial charge in [-0.1, -0.05) is 19.0 Å². The maximum absolute atomic E-state index is 12.1. The monoisotopic (exact) mass is 308 g/mol. The maximum Gasteiger partial charge on any atom is 0.248 e. The van der Waals surface area contributed by atoms with Crippen molar-refractivity contribution in [1.82, 2.24) is 20.4 Å². The number of hydrogen-bond donors (Lipinski definition) is 1. The molecule has 0 fully saturated rings. The van der Waals surface area contributed by atoms with Crippen LogP contribution in [-0.2, 0) is 11.2 Å². The summed E-state index contributed by atoms with van der Waals surface area (Å²) in [6.45, 7) is 9.68. The molecule has 0 radical (unpaired) electrons. The lowest BCUT2D eigenvalue weighted by atomic mass is 10.2. The minimum absolute atomic E-state index is 0.0708. The van der Waals surface area contributed by atoms with Crippen LogP contribution >= 0.6 is 11.3 Å². The van der Waals surface area contributed by atoms with E-state index in [4.69, 9.17) is 4.52 Å². The van der Waals surface area contributed by atoms with Crippen molar-refractivity contribution in [3.05, 3.63) is 27.3 Å². The van der Waals surface area contributed by atoms with Gasteiger partial charge in [0.1, 0.15) is 6.04 Å². The Morgan fingerprint density at radius 1 is 1.29 bits per heavy atom. The molecule has 0 unspecified atom stereocenters. The Labute approximate surface area is 128 Å². The van der Waals surface area contributed by atoms with Crippen molar-refractivity contribution in [2.45, 2.75) is 53.0 Å². The first-order valence-corrected chi connectivity index (χ1v) is 7.74. The minimum atomic E-state index is -0.299. The number of carbonyl (C=O) groups excluding carboxylic acids is 1. The summed E-state index contributed by atoms with van der Waals surface area (Å²) >= 11 is 1.55. The summed E-state index contributed by atoms with van der Waals surface area (Å²) in [4.78, 5) is 21.7. The molecular weight excluding hydrogens is 288 g/mol. The summed E-state index contributed by atoms with van der Waals surface area (Å²) in [5.74, 6) is 1.22. The van der Waals surface area contributed by atoms with E-state index < -0.39 is 0 Å². The Morgan fingerprint density at radius 3 is 2.52 bits per heavy atom. The number of thiazole rings is 1. The Morgan fingerprint density at radius 2 is 2.00 bits per heavy atom. The molecule has 21 heavy (non-hydrogen) atoms. The summed E-state index contributed by atoms with van der Waals surface area (Å²) in [6, 6.07) is -0.299. The third-order valence-corrected chi connectivity index (χ3v) is 4.12. The fourth-order valence-electron chi connectivity index (χ4n) is 1.90. The predicted molar refractivity (Wildman–Crippen MR) is 80.2 cm³/mol. The first-order chi connectivity index (χ1) is 9.86. The van der Waals surface area contributed by atoms with Gasteiger partial charge in [-0.15, -0.1) is 11.3 Å². The van der Waals surface area contributed by atoms with Gasteiger partial charge in [-0.2, -0.15) is 4.98 Å². The highest BCUT2D eigenvalue weighted by atomic mass is 32.1. The van der Waals surface area contributed by atoms with Crippen LogP contribution in [-0.4, -0.2) is 21.0 Å².